The van der Waals surface area contributed by atoms with Crippen LogP contribution in [0.4, 0.5) is 4.39 Å². The third-order valence-corrected chi connectivity index (χ3v) is 3.13. The van der Waals surface area contributed by atoms with E-state index in [2.05, 4.69) is 21.2 Å². The molecule has 0 atom stereocenters. The van der Waals surface area contributed by atoms with Gasteiger partial charge in [-0.15, -0.1) is 0 Å². The predicted molar refractivity (Wildman–Crippen MR) is 76.8 cm³/mol. The molecule has 1 aromatic rings. The van der Waals surface area contributed by atoms with Crippen LogP contribution < -0.4 is 5.32 Å². The number of carbonyl (C=O) groups excluding carboxylic acids is 1. The first kappa shape index (κ1) is 16.1. The smallest absolute Gasteiger partial charge is 0.251 e. The lowest BCUT2D eigenvalue weighted by Gasteiger charge is -2.08. The molecule has 0 aliphatic heterocycles. The standard InChI is InChI=1S/C14H19BrFNO2/c1-10(2)19-8-4-3-7-17-14(18)11-5-6-12(15)13(16)9-11/h5-6,9-10H,3-4,7-8H2,1-2H3,(H,17,18). The Bertz CT molecular complexity index is 424. The lowest BCUT2D eigenvalue weighted by Crippen LogP contribution is -2.24. The fourth-order valence-electron chi connectivity index (χ4n) is 1.49. The first-order valence-electron chi connectivity index (χ1n) is 6.35. The molecule has 0 unspecified atom stereocenters. The molecule has 1 amide bonds. The van der Waals surface area contributed by atoms with Crippen molar-refractivity contribution in [3.63, 3.8) is 0 Å². The topological polar surface area (TPSA) is 38.3 Å². The molecule has 0 aliphatic rings. The van der Waals surface area contributed by atoms with Crippen LogP contribution >= 0.6 is 15.9 Å². The molecular formula is C14H19BrFNO2. The number of rotatable bonds is 7. The molecule has 3 nitrogen and oxygen atoms in total. The summed E-state index contributed by atoms with van der Waals surface area (Å²) in [4.78, 5) is 11.7. The van der Waals surface area contributed by atoms with Crippen LogP contribution in [0.15, 0.2) is 22.7 Å². The maximum Gasteiger partial charge on any atom is 0.251 e. The Balaban J connectivity index is 2.26. The average Bonchev–Trinajstić information content (AvgIpc) is 2.36. The second kappa shape index (κ2) is 8.27. The van der Waals surface area contributed by atoms with Crippen LogP contribution in [0.2, 0.25) is 0 Å². The van der Waals surface area contributed by atoms with Gasteiger partial charge in [-0.3, -0.25) is 4.79 Å². The minimum absolute atomic E-state index is 0.236. The van der Waals surface area contributed by atoms with E-state index in [1.807, 2.05) is 13.8 Å². The number of amides is 1. The summed E-state index contributed by atoms with van der Waals surface area (Å²) in [6, 6.07) is 4.34. The Kier molecular flexibility index (Phi) is 7.02. The zero-order valence-corrected chi connectivity index (χ0v) is 12.8. The van der Waals surface area contributed by atoms with E-state index in [4.69, 9.17) is 4.74 Å². The highest BCUT2D eigenvalue weighted by atomic mass is 79.9. The maximum absolute atomic E-state index is 13.3. The first-order valence-corrected chi connectivity index (χ1v) is 7.15. The highest BCUT2D eigenvalue weighted by molar-refractivity contribution is 9.10. The number of unbranched alkanes of at least 4 members (excludes halogenated alkanes) is 1. The zero-order valence-electron chi connectivity index (χ0n) is 11.2. The summed E-state index contributed by atoms with van der Waals surface area (Å²) in [5, 5.41) is 2.76. The third-order valence-electron chi connectivity index (χ3n) is 2.49. The maximum atomic E-state index is 13.3. The van der Waals surface area contributed by atoms with E-state index in [9.17, 15) is 9.18 Å². The fraction of sp³-hybridized carbons (Fsp3) is 0.500. The summed E-state index contributed by atoms with van der Waals surface area (Å²) >= 11 is 3.05. The molecule has 0 spiro atoms. The van der Waals surface area contributed by atoms with E-state index in [1.54, 1.807) is 6.07 Å². The van der Waals surface area contributed by atoms with Crippen LogP contribution in [-0.4, -0.2) is 25.2 Å². The molecule has 0 heterocycles. The molecular weight excluding hydrogens is 313 g/mol. The Morgan fingerprint density at radius 2 is 2.16 bits per heavy atom. The van der Waals surface area contributed by atoms with E-state index in [-0.39, 0.29) is 12.0 Å². The molecule has 0 saturated heterocycles. The summed E-state index contributed by atoms with van der Waals surface area (Å²) < 4.78 is 19.0. The lowest BCUT2D eigenvalue weighted by atomic mass is 10.2. The van der Waals surface area contributed by atoms with Crippen LogP contribution in [0, 0.1) is 5.82 Å². The van der Waals surface area contributed by atoms with Crippen molar-refractivity contribution >= 4 is 21.8 Å². The van der Waals surface area contributed by atoms with Crippen molar-refractivity contribution in [2.45, 2.75) is 32.8 Å². The normalized spacial score (nSPS) is 10.8. The van der Waals surface area contributed by atoms with Gasteiger partial charge in [0.15, 0.2) is 0 Å². The van der Waals surface area contributed by atoms with E-state index >= 15 is 0 Å². The van der Waals surface area contributed by atoms with Gasteiger partial charge in [0.1, 0.15) is 5.82 Å². The molecule has 0 aromatic heterocycles. The van der Waals surface area contributed by atoms with Gasteiger partial charge in [-0.1, -0.05) is 0 Å². The van der Waals surface area contributed by atoms with E-state index < -0.39 is 5.82 Å². The monoisotopic (exact) mass is 331 g/mol. The lowest BCUT2D eigenvalue weighted by molar-refractivity contribution is 0.0754. The van der Waals surface area contributed by atoms with Gasteiger partial charge in [-0.2, -0.15) is 0 Å². The van der Waals surface area contributed by atoms with Crippen LogP contribution in [0.1, 0.15) is 37.0 Å². The van der Waals surface area contributed by atoms with Gasteiger partial charge in [0, 0.05) is 18.7 Å². The van der Waals surface area contributed by atoms with Gasteiger partial charge < -0.3 is 10.1 Å². The second-order valence-corrected chi connectivity index (χ2v) is 5.37. The molecule has 1 aromatic carbocycles. The molecule has 0 fully saturated rings. The average molecular weight is 332 g/mol. The van der Waals surface area contributed by atoms with E-state index in [0.717, 1.165) is 12.8 Å². The first-order chi connectivity index (χ1) is 9.00. The Morgan fingerprint density at radius 3 is 2.79 bits per heavy atom. The molecule has 1 N–H and O–H groups in total. The molecule has 0 aliphatic carbocycles. The number of nitrogens with one attached hydrogen (secondary N) is 1. The minimum Gasteiger partial charge on any atom is -0.379 e. The van der Waals surface area contributed by atoms with Gasteiger partial charge in [0.25, 0.3) is 5.91 Å². The summed E-state index contributed by atoms with van der Waals surface area (Å²) in [5.41, 5.74) is 0.333. The van der Waals surface area contributed by atoms with Gasteiger partial charge in [0.05, 0.1) is 10.6 Å². The van der Waals surface area contributed by atoms with Crippen LogP contribution in [0.3, 0.4) is 0 Å². The quantitative estimate of drug-likeness (QED) is 0.776. The highest BCUT2D eigenvalue weighted by Crippen LogP contribution is 2.16. The van der Waals surface area contributed by atoms with Crippen molar-refractivity contribution in [2.75, 3.05) is 13.2 Å². The largest absolute Gasteiger partial charge is 0.379 e. The van der Waals surface area contributed by atoms with E-state index in [0.29, 0.717) is 23.2 Å². The number of hydrogen-bond acceptors (Lipinski definition) is 2. The minimum atomic E-state index is -0.432. The van der Waals surface area contributed by atoms with Gasteiger partial charge in [-0.05, 0) is 60.8 Å². The van der Waals surface area contributed by atoms with Crippen LogP contribution in [0.25, 0.3) is 0 Å². The van der Waals surface area contributed by atoms with Crippen molar-refractivity contribution in [1.82, 2.24) is 5.32 Å². The summed E-state index contributed by atoms with van der Waals surface area (Å²) in [6.45, 7) is 5.24. The van der Waals surface area contributed by atoms with Crippen molar-refractivity contribution in [3.05, 3.63) is 34.1 Å². The highest BCUT2D eigenvalue weighted by Gasteiger charge is 2.07. The van der Waals surface area contributed by atoms with Gasteiger partial charge in [-0.25, -0.2) is 4.39 Å². The van der Waals surface area contributed by atoms with Crippen molar-refractivity contribution in [2.24, 2.45) is 0 Å². The number of carbonyl (C=O) groups is 1. The second-order valence-electron chi connectivity index (χ2n) is 4.51. The fourth-order valence-corrected chi connectivity index (χ4v) is 1.73. The Hall–Kier alpha value is -0.940. The Labute approximate surface area is 121 Å². The van der Waals surface area contributed by atoms with Crippen molar-refractivity contribution in [3.8, 4) is 0 Å². The zero-order chi connectivity index (χ0) is 14.3. The summed E-state index contributed by atoms with van der Waals surface area (Å²) in [5.74, 6) is -0.686. The number of ether oxygens (including phenoxy) is 1. The van der Waals surface area contributed by atoms with Crippen molar-refractivity contribution < 1.29 is 13.9 Å². The molecule has 1 rings (SSSR count). The molecule has 5 heteroatoms. The molecule has 0 bridgehead atoms. The molecule has 0 saturated carbocycles. The molecule has 106 valence electrons. The molecule has 19 heavy (non-hydrogen) atoms. The van der Waals surface area contributed by atoms with E-state index in [1.165, 1.54) is 12.1 Å². The molecule has 0 radical (unpaired) electrons. The van der Waals surface area contributed by atoms with Crippen molar-refractivity contribution in [1.29, 1.82) is 0 Å². The summed E-state index contributed by atoms with van der Waals surface area (Å²) in [6.07, 6.45) is 1.98. The SMILES string of the molecule is CC(C)OCCCCNC(=O)c1ccc(Br)c(F)c1. The predicted octanol–water partition coefficient (Wildman–Crippen LogP) is 3.52. The summed E-state index contributed by atoms with van der Waals surface area (Å²) in [7, 11) is 0. The third kappa shape index (κ3) is 6.16. The number of halogens is 2. The Morgan fingerprint density at radius 1 is 1.42 bits per heavy atom. The van der Waals surface area contributed by atoms with Crippen LogP contribution in [0.5, 0.6) is 0 Å². The van der Waals surface area contributed by atoms with Gasteiger partial charge >= 0.3 is 0 Å². The number of hydrogen-bond donors (Lipinski definition) is 1. The number of benzene rings is 1. The van der Waals surface area contributed by atoms with Gasteiger partial charge in [0.2, 0.25) is 0 Å². The van der Waals surface area contributed by atoms with Crippen LogP contribution in [-0.2, 0) is 4.74 Å².